The second kappa shape index (κ2) is 7.68. The minimum Gasteiger partial charge on any atom is -0.207 e. The van der Waals surface area contributed by atoms with Crippen LogP contribution in [0.25, 0.3) is 0 Å². The molecule has 0 fully saturated rings. The topological polar surface area (TPSA) is 37.4 Å². The SMILES string of the molecule is C#C/C=C/CN(C/C=C\C)S(=O)(=O)c1ccc(C)cc1. The van der Waals surface area contributed by atoms with Crippen molar-refractivity contribution < 1.29 is 8.42 Å². The van der Waals surface area contributed by atoms with Gasteiger partial charge in [-0.15, -0.1) is 6.42 Å². The van der Waals surface area contributed by atoms with Gasteiger partial charge in [-0.05, 0) is 32.1 Å². The van der Waals surface area contributed by atoms with Crippen LogP contribution in [0, 0.1) is 19.3 Å². The van der Waals surface area contributed by atoms with Crippen LogP contribution in [0.2, 0.25) is 0 Å². The summed E-state index contributed by atoms with van der Waals surface area (Å²) >= 11 is 0. The van der Waals surface area contributed by atoms with Gasteiger partial charge in [0.1, 0.15) is 0 Å². The summed E-state index contributed by atoms with van der Waals surface area (Å²) in [7, 11) is -3.51. The van der Waals surface area contributed by atoms with E-state index in [1.54, 1.807) is 36.4 Å². The van der Waals surface area contributed by atoms with E-state index in [0.717, 1.165) is 5.56 Å². The van der Waals surface area contributed by atoms with E-state index in [9.17, 15) is 8.42 Å². The Bertz CT molecular complexity index is 619. The summed E-state index contributed by atoms with van der Waals surface area (Å²) in [6, 6.07) is 6.83. The summed E-state index contributed by atoms with van der Waals surface area (Å²) in [5, 5.41) is 0. The van der Waals surface area contributed by atoms with Crippen molar-refractivity contribution in [3.63, 3.8) is 0 Å². The summed E-state index contributed by atoms with van der Waals surface area (Å²) in [5.74, 6) is 2.36. The van der Waals surface area contributed by atoms with Gasteiger partial charge in [-0.2, -0.15) is 4.31 Å². The average Bonchev–Trinajstić information content (AvgIpc) is 2.43. The number of aryl methyl sites for hydroxylation is 1. The van der Waals surface area contributed by atoms with Gasteiger partial charge in [-0.25, -0.2) is 8.42 Å². The monoisotopic (exact) mass is 289 g/mol. The van der Waals surface area contributed by atoms with E-state index in [2.05, 4.69) is 5.92 Å². The first kappa shape index (κ1) is 16.2. The zero-order chi connectivity index (χ0) is 15.0. The maximum Gasteiger partial charge on any atom is 0.243 e. The molecule has 0 aliphatic rings. The van der Waals surface area contributed by atoms with E-state index in [-0.39, 0.29) is 6.54 Å². The highest BCUT2D eigenvalue weighted by Gasteiger charge is 2.22. The van der Waals surface area contributed by atoms with E-state index >= 15 is 0 Å². The number of terminal acetylenes is 1. The maximum atomic E-state index is 12.6. The van der Waals surface area contributed by atoms with Crippen LogP contribution in [0.3, 0.4) is 0 Å². The summed E-state index contributed by atoms with van der Waals surface area (Å²) in [4.78, 5) is 0.293. The van der Waals surface area contributed by atoms with Crippen molar-refractivity contribution in [2.24, 2.45) is 0 Å². The van der Waals surface area contributed by atoms with E-state index in [0.29, 0.717) is 11.4 Å². The van der Waals surface area contributed by atoms with Crippen molar-refractivity contribution in [2.45, 2.75) is 18.7 Å². The van der Waals surface area contributed by atoms with Crippen molar-refractivity contribution in [3.05, 3.63) is 54.1 Å². The molecular formula is C16H19NO2S. The zero-order valence-electron chi connectivity index (χ0n) is 11.8. The highest BCUT2D eigenvalue weighted by Crippen LogP contribution is 2.16. The van der Waals surface area contributed by atoms with E-state index in [1.807, 2.05) is 19.9 Å². The lowest BCUT2D eigenvalue weighted by molar-refractivity contribution is 0.473. The summed E-state index contributed by atoms with van der Waals surface area (Å²) in [6.07, 6.45) is 11.9. The van der Waals surface area contributed by atoms with Crippen molar-refractivity contribution in [1.29, 1.82) is 0 Å². The lowest BCUT2D eigenvalue weighted by Gasteiger charge is -2.19. The van der Waals surface area contributed by atoms with Crippen molar-refractivity contribution in [2.75, 3.05) is 13.1 Å². The molecule has 0 saturated heterocycles. The van der Waals surface area contributed by atoms with Gasteiger partial charge in [-0.3, -0.25) is 0 Å². The number of rotatable bonds is 6. The first-order valence-electron chi connectivity index (χ1n) is 6.31. The van der Waals surface area contributed by atoms with Gasteiger partial charge in [-0.1, -0.05) is 41.8 Å². The Hall–Kier alpha value is -1.83. The molecule has 0 radical (unpaired) electrons. The molecule has 1 aromatic carbocycles. The molecular weight excluding hydrogens is 270 g/mol. The average molecular weight is 289 g/mol. The molecule has 0 amide bonds. The normalized spacial score (nSPS) is 12.3. The second-order valence-electron chi connectivity index (χ2n) is 4.27. The molecule has 0 saturated carbocycles. The van der Waals surface area contributed by atoms with Gasteiger partial charge in [0.25, 0.3) is 0 Å². The molecule has 0 N–H and O–H groups in total. The van der Waals surface area contributed by atoms with Crippen LogP contribution in [0.5, 0.6) is 0 Å². The van der Waals surface area contributed by atoms with E-state index in [4.69, 9.17) is 6.42 Å². The first-order chi connectivity index (χ1) is 9.52. The van der Waals surface area contributed by atoms with Crippen LogP contribution in [-0.4, -0.2) is 25.8 Å². The molecule has 0 aromatic heterocycles. The molecule has 4 heteroatoms. The predicted molar refractivity (Wildman–Crippen MR) is 82.7 cm³/mol. The molecule has 0 unspecified atom stereocenters. The van der Waals surface area contributed by atoms with Crippen molar-refractivity contribution >= 4 is 10.0 Å². The van der Waals surface area contributed by atoms with Crippen LogP contribution in [0.1, 0.15) is 12.5 Å². The Kier molecular flexibility index (Phi) is 6.23. The molecule has 1 rings (SSSR count). The van der Waals surface area contributed by atoms with Gasteiger partial charge >= 0.3 is 0 Å². The van der Waals surface area contributed by atoms with Gasteiger partial charge in [0.2, 0.25) is 10.0 Å². The Morgan fingerprint density at radius 3 is 2.35 bits per heavy atom. The standard InChI is InChI=1S/C16H19NO2S/c1-4-6-8-14-17(13-7-5-2)20(18,19)16-11-9-15(3)10-12-16/h1,5-12H,13-14H2,2-3H3/b7-5-,8-6+. The minimum atomic E-state index is -3.51. The fourth-order valence-electron chi connectivity index (χ4n) is 1.59. The molecule has 0 atom stereocenters. The number of sulfonamides is 1. The lowest BCUT2D eigenvalue weighted by atomic mass is 10.2. The highest BCUT2D eigenvalue weighted by molar-refractivity contribution is 7.89. The van der Waals surface area contributed by atoms with E-state index < -0.39 is 10.0 Å². The maximum absolute atomic E-state index is 12.6. The summed E-state index contributed by atoms with van der Waals surface area (Å²) in [6.45, 7) is 4.35. The molecule has 106 valence electrons. The number of allylic oxidation sites excluding steroid dienone is 2. The van der Waals surface area contributed by atoms with Crippen molar-refractivity contribution in [1.82, 2.24) is 4.31 Å². The Balaban J connectivity index is 3.06. The van der Waals surface area contributed by atoms with Crippen LogP contribution in [-0.2, 0) is 10.0 Å². The van der Waals surface area contributed by atoms with Crippen LogP contribution < -0.4 is 0 Å². The third-order valence-corrected chi connectivity index (χ3v) is 4.57. The van der Waals surface area contributed by atoms with Crippen LogP contribution in [0.15, 0.2) is 53.5 Å². The number of benzene rings is 1. The van der Waals surface area contributed by atoms with Crippen LogP contribution >= 0.6 is 0 Å². The molecule has 0 spiro atoms. The fraction of sp³-hybridized carbons (Fsp3) is 0.250. The number of nitrogens with zero attached hydrogens (tertiary/aromatic N) is 1. The van der Waals surface area contributed by atoms with E-state index in [1.165, 1.54) is 10.4 Å². The van der Waals surface area contributed by atoms with Gasteiger partial charge in [0, 0.05) is 13.1 Å². The Morgan fingerprint density at radius 2 is 1.80 bits per heavy atom. The Labute approximate surface area is 121 Å². The molecule has 20 heavy (non-hydrogen) atoms. The molecule has 0 aliphatic heterocycles. The smallest absolute Gasteiger partial charge is 0.207 e. The molecule has 3 nitrogen and oxygen atoms in total. The summed E-state index contributed by atoms with van der Waals surface area (Å²) in [5.41, 5.74) is 1.02. The lowest BCUT2D eigenvalue weighted by Crippen LogP contribution is -2.31. The first-order valence-corrected chi connectivity index (χ1v) is 7.75. The molecule has 0 bridgehead atoms. The van der Waals surface area contributed by atoms with Gasteiger partial charge < -0.3 is 0 Å². The van der Waals surface area contributed by atoms with Crippen molar-refractivity contribution in [3.8, 4) is 12.3 Å². The minimum absolute atomic E-state index is 0.255. The zero-order valence-corrected chi connectivity index (χ0v) is 12.6. The van der Waals surface area contributed by atoms with Gasteiger partial charge in [0.15, 0.2) is 0 Å². The van der Waals surface area contributed by atoms with Crippen LogP contribution in [0.4, 0.5) is 0 Å². The van der Waals surface area contributed by atoms with Gasteiger partial charge in [0.05, 0.1) is 4.90 Å². The number of hydrogen-bond donors (Lipinski definition) is 0. The predicted octanol–water partition coefficient (Wildman–Crippen LogP) is 2.75. The fourth-order valence-corrected chi connectivity index (χ4v) is 2.93. The third-order valence-electron chi connectivity index (χ3n) is 2.73. The Morgan fingerprint density at radius 1 is 1.20 bits per heavy atom. The second-order valence-corrected chi connectivity index (χ2v) is 6.21. The third kappa shape index (κ3) is 4.37. The molecule has 0 heterocycles. The molecule has 1 aromatic rings. The quantitative estimate of drug-likeness (QED) is 0.596. The largest absolute Gasteiger partial charge is 0.243 e. The number of hydrogen-bond acceptors (Lipinski definition) is 2. The highest BCUT2D eigenvalue weighted by atomic mass is 32.2. The molecule has 0 aliphatic carbocycles. The summed E-state index contributed by atoms with van der Waals surface area (Å²) < 4.78 is 26.5.